The molecule has 14 heteroatoms. The lowest BCUT2D eigenvalue weighted by Gasteiger charge is -2.23. The Labute approximate surface area is 315 Å². The molecule has 0 spiro atoms. The van der Waals surface area contributed by atoms with Crippen molar-refractivity contribution in [3.63, 3.8) is 0 Å². The van der Waals surface area contributed by atoms with E-state index in [4.69, 9.17) is 9.47 Å². The number of hydrogen-bond acceptors (Lipinski definition) is 6. The molecule has 6 nitrogen and oxygen atoms in total. The Morgan fingerprint density at radius 3 is 1.35 bits per heavy atom. The van der Waals surface area contributed by atoms with Gasteiger partial charge in [0.2, 0.25) is 0 Å². The summed E-state index contributed by atoms with van der Waals surface area (Å²) < 4.78 is 139. The number of hydrogen-bond donors (Lipinski definition) is 0. The highest BCUT2D eigenvalue weighted by atomic mass is 19.3. The van der Waals surface area contributed by atoms with Crippen LogP contribution in [0.25, 0.3) is 0 Å². The van der Waals surface area contributed by atoms with Crippen LogP contribution in [0, 0.1) is 30.2 Å². The zero-order valence-corrected chi connectivity index (χ0v) is 30.9. The number of benzene rings is 3. The van der Waals surface area contributed by atoms with Gasteiger partial charge in [-0.25, -0.2) is 27.2 Å². The van der Waals surface area contributed by atoms with Gasteiger partial charge in [-0.3, -0.25) is 0 Å². The van der Waals surface area contributed by atoms with Crippen LogP contribution in [-0.2, 0) is 44.1 Å². The van der Waals surface area contributed by atoms with E-state index >= 15 is 17.6 Å². The van der Waals surface area contributed by atoms with Crippen molar-refractivity contribution in [3.05, 3.63) is 118 Å². The van der Waals surface area contributed by atoms with Gasteiger partial charge in [0.1, 0.15) is 45.9 Å². The maximum atomic E-state index is 15.1. The minimum atomic E-state index is -4.53. The monoisotopic (exact) mass is 784 g/mol. The second-order valence-corrected chi connectivity index (χ2v) is 13.2. The van der Waals surface area contributed by atoms with E-state index in [0.29, 0.717) is 51.4 Å². The van der Waals surface area contributed by atoms with Crippen molar-refractivity contribution in [1.29, 1.82) is 0 Å². The van der Waals surface area contributed by atoms with Gasteiger partial charge in [-0.05, 0) is 118 Å². The molecule has 0 N–H and O–H groups in total. The lowest BCUT2D eigenvalue weighted by molar-refractivity contribution is -0.192. The van der Waals surface area contributed by atoms with E-state index in [2.05, 4.69) is 22.6 Å². The maximum Gasteiger partial charge on any atom is 0.432 e. The predicted octanol–water partition coefficient (Wildman–Crippen LogP) is 11.3. The lowest BCUT2D eigenvalue weighted by atomic mass is 10.0. The van der Waals surface area contributed by atoms with E-state index < -0.39 is 70.1 Å². The third kappa shape index (κ3) is 13.4. The Kier molecular flexibility index (Phi) is 16.3. The van der Waals surface area contributed by atoms with E-state index in [1.54, 1.807) is 0 Å². The fraction of sp³-hybridized carbons (Fsp3) is 0.415. The van der Waals surface area contributed by atoms with Crippen LogP contribution in [0.15, 0.2) is 66.8 Å². The Balaban J connectivity index is 1.57. The highest BCUT2D eigenvalue weighted by molar-refractivity contribution is 5.87. The molecule has 0 saturated carbocycles. The lowest BCUT2D eigenvalue weighted by Crippen LogP contribution is -2.26. The van der Waals surface area contributed by atoms with Gasteiger partial charge in [0.15, 0.2) is 0 Å². The van der Waals surface area contributed by atoms with Crippen molar-refractivity contribution in [1.82, 2.24) is 0 Å². The normalized spacial score (nSPS) is 11.6. The Bertz CT molecular complexity index is 1800. The Morgan fingerprint density at radius 2 is 0.964 bits per heavy atom. The molecule has 3 rings (SSSR count). The minimum Gasteiger partial charge on any atom is -0.462 e. The van der Waals surface area contributed by atoms with Crippen molar-refractivity contribution < 1.29 is 63.7 Å². The number of alkyl halides is 4. The molecule has 55 heavy (non-hydrogen) atoms. The molecule has 0 heterocycles. The first-order valence-electron chi connectivity index (χ1n) is 17.7. The Hall–Kier alpha value is -4.88. The van der Waals surface area contributed by atoms with E-state index in [1.807, 2.05) is 0 Å². The van der Waals surface area contributed by atoms with Gasteiger partial charge >= 0.3 is 24.2 Å². The molecule has 0 amide bonds. The van der Waals surface area contributed by atoms with Gasteiger partial charge in [0, 0.05) is 11.1 Å². The summed E-state index contributed by atoms with van der Waals surface area (Å²) in [5.74, 6) is -8.53. The average Bonchev–Trinajstić information content (AvgIpc) is 3.07. The van der Waals surface area contributed by atoms with Gasteiger partial charge < -0.3 is 18.9 Å². The molecule has 0 unspecified atom stereocenters. The summed E-state index contributed by atoms with van der Waals surface area (Å²) in [6, 6.07) is 5.49. The average molecular weight is 785 g/mol. The van der Waals surface area contributed by atoms with Gasteiger partial charge in [0.25, 0.3) is 0 Å². The van der Waals surface area contributed by atoms with Crippen LogP contribution in [0.3, 0.4) is 0 Å². The van der Waals surface area contributed by atoms with Crippen LogP contribution in [0.2, 0.25) is 0 Å². The first-order chi connectivity index (χ1) is 25.8. The van der Waals surface area contributed by atoms with Gasteiger partial charge in [-0.2, -0.15) is 17.6 Å². The van der Waals surface area contributed by atoms with E-state index in [1.165, 1.54) is 20.8 Å². The molecule has 0 aliphatic heterocycles. The largest absolute Gasteiger partial charge is 0.462 e. The molecule has 300 valence electrons. The summed E-state index contributed by atoms with van der Waals surface area (Å²) in [6.45, 7) is 11.6. The second-order valence-electron chi connectivity index (χ2n) is 13.2. The zero-order chi connectivity index (χ0) is 40.9. The fourth-order valence-corrected chi connectivity index (χ4v) is 5.43. The number of unbranched alkanes of at least 4 members (excludes halogenated alkanes) is 6. The number of halogens is 8. The number of esters is 2. The van der Waals surface area contributed by atoms with E-state index in [9.17, 15) is 27.2 Å². The number of ether oxygens (including phenoxy) is 4. The summed E-state index contributed by atoms with van der Waals surface area (Å²) >= 11 is 0. The number of carbonyl (C=O) groups is 2. The predicted molar refractivity (Wildman–Crippen MR) is 189 cm³/mol. The third-order valence-corrected chi connectivity index (χ3v) is 8.30. The number of rotatable bonds is 22. The van der Waals surface area contributed by atoms with Crippen LogP contribution in [0.5, 0.6) is 11.5 Å². The van der Waals surface area contributed by atoms with Gasteiger partial charge in [0.05, 0.1) is 13.2 Å². The minimum absolute atomic E-state index is 0.136. The molecule has 0 fully saturated rings. The summed E-state index contributed by atoms with van der Waals surface area (Å²) in [4.78, 5) is 22.8. The molecule has 0 aromatic heterocycles. The van der Waals surface area contributed by atoms with Crippen molar-refractivity contribution in [2.45, 2.75) is 97.2 Å². The second kappa shape index (κ2) is 20.2. The molecule has 3 aromatic rings. The van der Waals surface area contributed by atoms with E-state index in [-0.39, 0.29) is 53.9 Å². The molecule has 0 aliphatic carbocycles. The van der Waals surface area contributed by atoms with Crippen molar-refractivity contribution in [2.75, 3.05) is 13.2 Å². The molecule has 0 aliphatic rings. The highest BCUT2D eigenvalue weighted by Gasteiger charge is 2.43. The molecular formula is C41H44F8O6. The Morgan fingerprint density at radius 1 is 0.582 bits per heavy atom. The molecule has 0 bridgehead atoms. The summed E-state index contributed by atoms with van der Waals surface area (Å²) in [6.07, 6.45) is -4.03. The van der Waals surface area contributed by atoms with Crippen molar-refractivity contribution >= 4 is 11.9 Å². The quantitative estimate of drug-likeness (QED) is 0.0437. The van der Waals surface area contributed by atoms with Crippen LogP contribution < -0.4 is 9.47 Å². The number of aryl methyl sites for hydroxylation is 3. The first-order valence-corrected chi connectivity index (χ1v) is 17.7. The molecule has 0 atom stereocenters. The zero-order valence-electron chi connectivity index (χ0n) is 30.9. The van der Waals surface area contributed by atoms with Gasteiger partial charge in [-0.1, -0.05) is 38.8 Å². The SMILES string of the molecule is C=C(C)C(=O)OCCCCCCc1cc(F)c(C(F)(F)Oc2ccc(OC(F)(F)c3c(F)cc(CCCCCCOC(=O)C(=C)C)cc3F)c(C)c2)c(F)c1. The molecular weight excluding hydrogens is 740 g/mol. The fourth-order valence-electron chi connectivity index (χ4n) is 5.43. The van der Waals surface area contributed by atoms with Gasteiger partial charge in [-0.15, -0.1) is 0 Å². The molecule has 0 saturated heterocycles. The topological polar surface area (TPSA) is 71.1 Å². The molecule has 0 radical (unpaired) electrons. The molecule has 3 aromatic carbocycles. The van der Waals surface area contributed by atoms with Crippen LogP contribution in [0.4, 0.5) is 35.1 Å². The maximum absolute atomic E-state index is 15.1. The van der Waals surface area contributed by atoms with Crippen LogP contribution in [-0.4, -0.2) is 25.2 Å². The van der Waals surface area contributed by atoms with Crippen molar-refractivity contribution in [3.8, 4) is 11.5 Å². The summed E-state index contributed by atoms with van der Waals surface area (Å²) in [5, 5.41) is 0. The standard InChI is InChI=1S/C41H44F8O6/c1-25(2)38(50)52-18-12-8-6-10-14-28-21-31(42)36(32(43)22-28)40(46,47)54-30-16-17-35(27(5)20-30)55-41(48,49)37-33(44)23-29(24-34(37)45)15-11-7-9-13-19-53-39(51)26(3)4/h16-17,20-24H,1,3,6-15,18-19H2,2,4-5H3. The van der Waals surface area contributed by atoms with Crippen molar-refractivity contribution in [2.24, 2.45) is 0 Å². The highest BCUT2D eigenvalue weighted by Crippen LogP contribution is 2.40. The summed E-state index contributed by atoms with van der Waals surface area (Å²) in [5.41, 5.74) is -2.70. The van der Waals surface area contributed by atoms with Crippen LogP contribution >= 0.6 is 0 Å². The third-order valence-electron chi connectivity index (χ3n) is 8.30. The summed E-state index contributed by atoms with van der Waals surface area (Å²) in [7, 11) is 0. The number of carbonyl (C=O) groups excluding carboxylic acids is 2. The smallest absolute Gasteiger partial charge is 0.432 e. The first kappa shape index (κ1) is 44.5. The van der Waals surface area contributed by atoms with E-state index in [0.717, 1.165) is 42.5 Å². The van der Waals surface area contributed by atoms with Crippen LogP contribution in [0.1, 0.15) is 93.0 Å².